The molecule has 0 amide bonds. The van der Waals surface area contributed by atoms with Crippen molar-refractivity contribution in [3.05, 3.63) is 24.3 Å². The summed E-state index contributed by atoms with van der Waals surface area (Å²) in [6, 6.07) is 1.58. The molecule has 35 heavy (non-hydrogen) atoms. The number of ether oxygens (including phenoxy) is 3. The van der Waals surface area contributed by atoms with Gasteiger partial charge >= 0.3 is 6.36 Å². The van der Waals surface area contributed by atoms with E-state index in [1.54, 1.807) is 14.2 Å². The molecule has 2 aromatic rings. The molecule has 1 unspecified atom stereocenters. The number of halogens is 3. The van der Waals surface area contributed by atoms with Crippen molar-refractivity contribution in [2.75, 3.05) is 46.3 Å². The van der Waals surface area contributed by atoms with Crippen molar-refractivity contribution >= 4 is 5.82 Å². The molecule has 0 aromatic carbocycles. The van der Waals surface area contributed by atoms with Gasteiger partial charge in [-0.15, -0.1) is 13.2 Å². The molecule has 4 aliphatic rings. The highest BCUT2D eigenvalue weighted by atomic mass is 19.4. The maximum absolute atomic E-state index is 12.8. The Morgan fingerprint density at radius 2 is 1.83 bits per heavy atom. The minimum Gasteiger partial charge on any atom is -0.402 e. The number of alkyl halides is 3. The lowest BCUT2D eigenvalue weighted by Gasteiger charge is -2.47. The van der Waals surface area contributed by atoms with Crippen molar-refractivity contribution in [1.82, 2.24) is 19.4 Å². The van der Waals surface area contributed by atoms with Crippen molar-refractivity contribution in [2.24, 2.45) is 5.92 Å². The fourth-order valence-corrected chi connectivity index (χ4v) is 5.87. The third kappa shape index (κ3) is 4.85. The molecule has 2 N–H and O–H groups in total. The highest BCUT2D eigenvalue weighted by molar-refractivity contribution is 5.64. The minimum absolute atomic E-state index is 0.133. The predicted molar refractivity (Wildman–Crippen MR) is 123 cm³/mol. The summed E-state index contributed by atoms with van der Waals surface area (Å²) in [5, 5.41) is 0. The van der Waals surface area contributed by atoms with Crippen LogP contribution in [-0.4, -0.2) is 71.9 Å². The first-order valence-electron chi connectivity index (χ1n) is 12.1. The molecule has 4 fully saturated rings. The zero-order valence-electron chi connectivity index (χ0n) is 20.1. The zero-order chi connectivity index (χ0) is 24.8. The third-order valence-electron chi connectivity index (χ3n) is 7.68. The fourth-order valence-electron chi connectivity index (χ4n) is 5.87. The first-order chi connectivity index (χ1) is 16.7. The highest BCUT2D eigenvalue weighted by Gasteiger charge is 2.59. The van der Waals surface area contributed by atoms with Gasteiger partial charge in [-0.25, -0.2) is 9.97 Å². The van der Waals surface area contributed by atoms with Crippen LogP contribution in [0.3, 0.4) is 0 Å². The summed E-state index contributed by atoms with van der Waals surface area (Å²) in [4.78, 5) is 11.3. The molecule has 6 rings (SSSR count). The predicted octanol–water partition coefficient (Wildman–Crippen LogP) is 3.99. The van der Waals surface area contributed by atoms with Gasteiger partial charge in [-0.05, 0) is 44.1 Å². The summed E-state index contributed by atoms with van der Waals surface area (Å²) in [6.45, 7) is 3.08. The summed E-state index contributed by atoms with van der Waals surface area (Å²) in [6.07, 6.45) is 4.00. The number of anilines is 1. The van der Waals surface area contributed by atoms with Gasteiger partial charge < -0.3 is 24.5 Å². The molecule has 2 aromatic heterocycles. The smallest absolute Gasteiger partial charge is 0.402 e. The highest BCUT2D eigenvalue weighted by Crippen LogP contribution is 2.61. The van der Waals surface area contributed by atoms with Crippen molar-refractivity contribution in [1.29, 1.82) is 0 Å². The average molecular weight is 496 g/mol. The van der Waals surface area contributed by atoms with E-state index >= 15 is 0 Å². The Labute approximate surface area is 202 Å². The topological polar surface area (TPSA) is 87.7 Å². The SMILES string of the molecule is COCCN(CCOC)C12CC(C1)C(n1cc(-c3cnc(N)c(OC(F)(F)F)c3)nc1C1CC1)C2. The lowest BCUT2D eigenvalue weighted by molar-refractivity contribution is -0.274. The van der Waals surface area contributed by atoms with Gasteiger partial charge in [0.15, 0.2) is 11.6 Å². The summed E-state index contributed by atoms with van der Waals surface area (Å²) in [5.41, 5.74) is 6.81. The molecule has 8 nitrogen and oxygen atoms in total. The molecule has 0 spiro atoms. The number of pyridine rings is 1. The Hall–Kier alpha value is -2.37. The van der Waals surface area contributed by atoms with Crippen LogP contribution in [0.25, 0.3) is 11.3 Å². The number of hydrogen-bond donors (Lipinski definition) is 1. The second kappa shape index (κ2) is 9.25. The quantitative estimate of drug-likeness (QED) is 0.504. The number of hydrogen-bond acceptors (Lipinski definition) is 7. The Kier molecular flexibility index (Phi) is 6.43. The van der Waals surface area contributed by atoms with Crippen molar-refractivity contribution in [3.8, 4) is 17.0 Å². The maximum atomic E-state index is 12.8. The number of aromatic nitrogens is 3. The molecular formula is C24H32F3N5O3. The zero-order valence-corrected chi connectivity index (χ0v) is 20.1. The van der Waals surface area contributed by atoms with E-state index in [1.807, 2.05) is 6.20 Å². The van der Waals surface area contributed by atoms with Crippen LogP contribution in [0.4, 0.5) is 19.0 Å². The van der Waals surface area contributed by atoms with E-state index in [1.165, 1.54) is 12.3 Å². The molecule has 0 radical (unpaired) electrons. The van der Waals surface area contributed by atoms with E-state index in [4.69, 9.17) is 20.2 Å². The Morgan fingerprint density at radius 1 is 1.14 bits per heavy atom. The van der Waals surface area contributed by atoms with Gasteiger partial charge in [-0.3, -0.25) is 4.90 Å². The average Bonchev–Trinajstić information content (AvgIpc) is 3.26. The van der Waals surface area contributed by atoms with Crippen LogP contribution < -0.4 is 10.5 Å². The molecular weight excluding hydrogens is 463 g/mol. The van der Waals surface area contributed by atoms with Gasteiger partial charge in [0.2, 0.25) is 0 Å². The molecule has 4 saturated carbocycles. The molecule has 2 bridgehead atoms. The summed E-state index contributed by atoms with van der Waals surface area (Å²) in [7, 11) is 3.44. The van der Waals surface area contributed by atoms with E-state index < -0.39 is 12.1 Å². The second-order valence-electron chi connectivity index (χ2n) is 9.96. The Bertz CT molecular complexity index is 1040. The molecule has 4 aliphatic carbocycles. The second-order valence-corrected chi connectivity index (χ2v) is 9.96. The number of nitrogens with two attached hydrogens (primary N) is 1. The first kappa shape index (κ1) is 24.3. The van der Waals surface area contributed by atoms with E-state index in [9.17, 15) is 13.2 Å². The number of methoxy groups -OCH3 is 2. The Balaban J connectivity index is 1.41. The van der Waals surface area contributed by atoms with Gasteiger partial charge in [0, 0.05) is 62.8 Å². The molecule has 192 valence electrons. The van der Waals surface area contributed by atoms with Crippen LogP contribution in [0.1, 0.15) is 49.9 Å². The molecule has 2 heterocycles. The van der Waals surface area contributed by atoms with Crippen LogP contribution >= 0.6 is 0 Å². The number of rotatable bonds is 11. The van der Waals surface area contributed by atoms with Gasteiger partial charge in [0.1, 0.15) is 5.82 Å². The molecule has 0 aliphatic heterocycles. The summed E-state index contributed by atoms with van der Waals surface area (Å²) >= 11 is 0. The van der Waals surface area contributed by atoms with Gasteiger partial charge in [0.05, 0.1) is 18.9 Å². The van der Waals surface area contributed by atoms with Crippen LogP contribution in [0.15, 0.2) is 18.5 Å². The van der Waals surface area contributed by atoms with Crippen molar-refractivity contribution < 1.29 is 27.4 Å². The lowest BCUT2D eigenvalue weighted by Crippen LogP contribution is -2.54. The van der Waals surface area contributed by atoms with E-state index in [-0.39, 0.29) is 11.4 Å². The van der Waals surface area contributed by atoms with Crippen molar-refractivity contribution in [2.45, 2.75) is 56.0 Å². The van der Waals surface area contributed by atoms with E-state index in [2.05, 4.69) is 19.2 Å². The minimum atomic E-state index is -4.84. The third-order valence-corrected chi connectivity index (χ3v) is 7.68. The van der Waals surface area contributed by atoms with E-state index in [0.29, 0.717) is 42.3 Å². The summed E-state index contributed by atoms with van der Waals surface area (Å²) < 4.78 is 55.5. The molecule has 1 atom stereocenters. The normalized spacial score (nSPS) is 25.8. The van der Waals surface area contributed by atoms with Gasteiger partial charge in [-0.2, -0.15) is 0 Å². The Morgan fingerprint density at radius 3 is 2.43 bits per heavy atom. The van der Waals surface area contributed by atoms with Gasteiger partial charge in [-0.1, -0.05) is 0 Å². The largest absolute Gasteiger partial charge is 0.573 e. The van der Waals surface area contributed by atoms with Crippen LogP contribution in [0.2, 0.25) is 0 Å². The maximum Gasteiger partial charge on any atom is 0.573 e. The van der Waals surface area contributed by atoms with Crippen molar-refractivity contribution in [3.63, 3.8) is 0 Å². The molecule has 0 saturated heterocycles. The first-order valence-corrected chi connectivity index (χ1v) is 12.1. The summed E-state index contributed by atoms with van der Waals surface area (Å²) in [5.74, 6) is 1.15. The van der Waals surface area contributed by atoms with E-state index in [0.717, 1.165) is 51.0 Å². The number of imidazole rings is 1. The van der Waals surface area contributed by atoms with Crippen LogP contribution in [-0.2, 0) is 9.47 Å². The van der Waals surface area contributed by atoms with Gasteiger partial charge in [0.25, 0.3) is 0 Å². The van der Waals surface area contributed by atoms with Crippen LogP contribution in [0, 0.1) is 5.92 Å². The monoisotopic (exact) mass is 495 g/mol. The number of nitrogen functional groups attached to an aromatic ring is 1. The number of fused-ring (bicyclic) bond motifs is 1. The standard InChI is InChI=1S/C24H32F3N5O3/c1-33-7-5-31(6-8-34-2)23-10-17(11-23)19(12-23)32-14-18(30-22(32)15-3-4-15)16-9-20(21(28)29-13-16)35-24(25,26)27/h9,13-15,17,19H,3-8,10-12H2,1-2H3,(H2,28,29). The molecule has 11 heteroatoms. The van der Waals surface area contributed by atoms with Crippen LogP contribution in [0.5, 0.6) is 5.75 Å². The number of nitrogens with zero attached hydrogens (tertiary/aromatic N) is 4. The lowest BCUT2D eigenvalue weighted by atomic mass is 9.75. The fraction of sp³-hybridized carbons (Fsp3) is 0.667.